The molecule has 2 rings (SSSR count). The number of methoxy groups -OCH3 is 1. The van der Waals surface area contributed by atoms with E-state index >= 15 is 0 Å². The van der Waals surface area contributed by atoms with Gasteiger partial charge >= 0.3 is 0 Å². The van der Waals surface area contributed by atoms with E-state index in [9.17, 15) is 4.79 Å². The van der Waals surface area contributed by atoms with Crippen LogP contribution < -0.4 is 9.47 Å². The Balaban J connectivity index is 2.07. The van der Waals surface area contributed by atoms with Gasteiger partial charge in [0.2, 0.25) is 0 Å². The van der Waals surface area contributed by atoms with Crippen LogP contribution in [0.4, 0.5) is 0 Å². The molecule has 0 aromatic heterocycles. The molecule has 0 aliphatic heterocycles. The van der Waals surface area contributed by atoms with Gasteiger partial charge in [-0.15, -0.1) is 0 Å². The minimum absolute atomic E-state index is 0.0352. The highest BCUT2D eigenvalue weighted by atomic mass is 16.5. The SMILES string of the molecule is COc1ccccc1CN(C)C(=O)c1ccc(OC(C)C)cc1. The number of ether oxygens (including phenoxy) is 2. The van der Waals surface area contributed by atoms with Gasteiger partial charge in [-0.25, -0.2) is 0 Å². The summed E-state index contributed by atoms with van der Waals surface area (Å²) < 4.78 is 10.9. The molecule has 4 heteroatoms. The number of carbonyl (C=O) groups is 1. The van der Waals surface area contributed by atoms with Crippen LogP contribution >= 0.6 is 0 Å². The third-order valence-electron chi connectivity index (χ3n) is 3.42. The van der Waals surface area contributed by atoms with Crippen molar-refractivity contribution in [3.8, 4) is 11.5 Å². The normalized spacial score (nSPS) is 10.5. The van der Waals surface area contributed by atoms with Crippen molar-refractivity contribution in [2.24, 2.45) is 0 Å². The van der Waals surface area contributed by atoms with Crippen LogP contribution in [0.25, 0.3) is 0 Å². The van der Waals surface area contributed by atoms with Crippen LogP contribution in [0.5, 0.6) is 11.5 Å². The minimum atomic E-state index is -0.0352. The molecule has 2 aromatic rings. The number of benzene rings is 2. The molecule has 0 aliphatic rings. The van der Waals surface area contributed by atoms with Crippen LogP contribution in [-0.4, -0.2) is 31.1 Å². The Morgan fingerprint density at radius 1 is 1.09 bits per heavy atom. The van der Waals surface area contributed by atoms with Gasteiger partial charge in [0.05, 0.1) is 13.2 Å². The fraction of sp³-hybridized carbons (Fsp3) is 0.316. The molecule has 0 saturated heterocycles. The first kappa shape index (κ1) is 16.9. The number of para-hydroxylation sites is 1. The number of amides is 1. The van der Waals surface area contributed by atoms with Crippen molar-refractivity contribution < 1.29 is 14.3 Å². The summed E-state index contributed by atoms with van der Waals surface area (Å²) in [5, 5.41) is 0. The molecule has 0 saturated carbocycles. The molecule has 0 unspecified atom stereocenters. The Hall–Kier alpha value is -2.49. The van der Waals surface area contributed by atoms with Crippen molar-refractivity contribution >= 4 is 5.91 Å². The lowest BCUT2D eigenvalue weighted by molar-refractivity contribution is 0.0784. The van der Waals surface area contributed by atoms with Gasteiger partial charge in [0, 0.05) is 24.7 Å². The summed E-state index contributed by atoms with van der Waals surface area (Å²) in [5.41, 5.74) is 1.61. The lowest BCUT2D eigenvalue weighted by atomic mass is 10.1. The first-order chi connectivity index (χ1) is 11.0. The molecule has 0 atom stereocenters. The van der Waals surface area contributed by atoms with Gasteiger partial charge in [-0.3, -0.25) is 4.79 Å². The van der Waals surface area contributed by atoms with Gasteiger partial charge in [-0.2, -0.15) is 0 Å². The van der Waals surface area contributed by atoms with Crippen LogP contribution in [0.2, 0.25) is 0 Å². The Bertz CT molecular complexity index is 650. The highest BCUT2D eigenvalue weighted by Gasteiger charge is 2.14. The fourth-order valence-electron chi connectivity index (χ4n) is 2.33. The van der Waals surface area contributed by atoms with Gasteiger partial charge in [0.25, 0.3) is 5.91 Å². The molecule has 1 amide bonds. The molecule has 0 spiro atoms. The zero-order valence-electron chi connectivity index (χ0n) is 14.1. The largest absolute Gasteiger partial charge is 0.496 e. The van der Waals surface area contributed by atoms with Gasteiger partial charge in [-0.1, -0.05) is 18.2 Å². The summed E-state index contributed by atoms with van der Waals surface area (Å²) in [5.74, 6) is 1.52. The topological polar surface area (TPSA) is 38.8 Å². The van der Waals surface area contributed by atoms with Gasteiger partial charge in [0.1, 0.15) is 11.5 Å². The van der Waals surface area contributed by atoms with Gasteiger partial charge in [0.15, 0.2) is 0 Å². The van der Waals surface area contributed by atoms with E-state index in [-0.39, 0.29) is 12.0 Å². The minimum Gasteiger partial charge on any atom is -0.496 e. The smallest absolute Gasteiger partial charge is 0.253 e. The summed E-state index contributed by atoms with van der Waals surface area (Å²) in [6, 6.07) is 14.9. The van der Waals surface area contributed by atoms with Crippen molar-refractivity contribution in [3.05, 3.63) is 59.7 Å². The zero-order valence-corrected chi connectivity index (χ0v) is 14.1. The highest BCUT2D eigenvalue weighted by Crippen LogP contribution is 2.20. The third kappa shape index (κ3) is 4.49. The van der Waals surface area contributed by atoms with E-state index in [4.69, 9.17) is 9.47 Å². The zero-order chi connectivity index (χ0) is 16.8. The van der Waals surface area contributed by atoms with E-state index in [1.165, 1.54) is 0 Å². The predicted molar refractivity (Wildman–Crippen MR) is 91.0 cm³/mol. The molecule has 0 N–H and O–H groups in total. The Kier molecular flexibility index (Phi) is 5.63. The van der Waals surface area contributed by atoms with E-state index in [0.717, 1.165) is 17.1 Å². The maximum absolute atomic E-state index is 12.5. The molecule has 23 heavy (non-hydrogen) atoms. The van der Waals surface area contributed by atoms with E-state index in [0.29, 0.717) is 12.1 Å². The molecule has 0 aliphatic carbocycles. The molecule has 2 aromatic carbocycles. The lowest BCUT2D eigenvalue weighted by Gasteiger charge is -2.19. The van der Waals surface area contributed by atoms with Crippen molar-refractivity contribution in [2.75, 3.05) is 14.2 Å². The highest BCUT2D eigenvalue weighted by molar-refractivity contribution is 5.94. The van der Waals surface area contributed by atoms with Gasteiger partial charge < -0.3 is 14.4 Å². The van der Waals surface area contributed by atoms with E-state index in [1.54, 1.807) is 31.2 Å². The van der Waals surface area contributed by atoms with Crippen molar-refractivity contribution in [1.82, 2.24) is 4.90 Å². The number of carbonyl (C=O) groups excluding carboxylic acids is 1. The number of hydrogen-bond acceptors (Lipinski definition) is 3. The molecule has 0 heterocycles. The lowest BCUT2D eigenvalue weighted by Crippen LogP contribution is -2.26. The quantitative estimate of drug-likeness (QED) is 0.815. The molecule has 0 fully saturated rings. The molecular formula is C19H23NO3. The van der Waals surface area contributed by atoms with Crippen LogP contribution in [0.3, 0.4) is 0 Å². The van der Waals surface area contributed by atoms with E-state index in [2.05, 4.69) is 0 Å². The van der Waals surface area contributed by atoms with Gasteiger partial charge in [-0.05, 0) is 44.2 Å². The van der Waals surface area contributed by atoms with E-state index in [1.807, 2.05) is 50.2 Å². The Labute approximate surface area is 137 Å². The summed E-state index contributed by atoms with van der Waals surface area (Å²) in [7, 11) is 3.42. The second-order valence-electron chi connectivity index (χ2n) is 5.66. The van der Waals surface area contributed by atoms with Crippen molar-refractivity contribution in [2.45, 2.75) is 26.5 Å². The second-order valence-corrected chi connectivity index (χ2v) is 5.66. The third-order valence-corrected chi connectivity index (χ3v) is 3.42. The number of nitrogens with zero attached hydrogens (tertiary/aromatic N) is 1. The maximum Gasteiger partial charge on any atom is 0.253 e. The monoisotopic (exact) mass is 313 g/mol. The Morgan fingerprint density at radius 3 is 2.35 bits per heavy atom. The summed E-state index contributed by atoms with van der Waals surface area (Å²) in [4.78, 5) is 14.2. The number of rotatable bonds is 6. The summed E-state index contributed by atoms with van der Waals surface area (Å²) >= 11 is 0. The van der Waals surface area contributed by atoms with Crippen LogP contribution in [0.1, 0.15) is 29.8 Å². The van der Waals surface area contributed by atoms with Crippen molar-refractivity contribution in [3.63, 3.8) is 0 Å². The summed E-state index contributed by atoms with van der Waals surface area (Å²) in [6.45, 7) is 4.44. The second kappa shape index (κ2) is 7.68. The average Bonchev–Trinajstić information content (AvgIpc) is 2.55. The Morgan fingerprint density at radius 2 is 1.74 bits per heavy atom. The first-order valence-electron chi connectivity index (χ1n) is 7.65. The molecular weight excluding hydrogens is 290 g/mol. The predicted octanol–water partition coefficient (Wildman–Crippen LogP) is 3.75. The fourth-order valence-corrected chi connectivity index (χ4v) is 2.33. The van der Waals surface area contributed by atoms with Crippen LogP contribution in [0.15, 0.2) is 48.5 Å². The maximum atomic E-state index is 12.5. The molecule has 122 valence electrons. The standard InChI is InChI=1S/C19H23NO3/c1-14(2)23-17-11-9-15(10-12-17)19(21)20(3)13-16-7-5-6-8-18(16)22-4/h5-12,14H,13H2,1-4H3. The van der Waals surface area contributed by atoms with Crippen molar-refractivity contribution in [1.29, 1.82) is 0 Å². The first-order valence-corrected chi connectivity index (χ1v) is 7.65. The summed E-state index contributed by atoms with van der Waals surface area (Å²) in [6.07, 6.45) is 0.116. The average molecular weight is 313 g/mol. The van der Waals surface area contributed by atoms with Crippen LogP contribution in [-0.2, 0) is 6.54 Å². The molecule has 0 bridgehead atoms. The number of hydrogen-bond donors (Lipinski definition) is 0. The molecule has 4 nitrogen and oxygen atoms in total. The molecule has 0 radical (unpaired) electrons. The van der Waals surface area contributed by atoms with E-state index < -0.39 is 0 Å². The van der Waals surface area contributed by atoms with Crippen LogP contribution in [0, 0.1) is 0 Å².